The molecule has 0 spiro atoms. The van der Waals surface area contributed by atoms with Gasteiger partial charge in [-0.25, -0.2) is 9.97 Å². The minimum Gasteiger partial charge on any atom is -0.324 e. The summed E-state index contributed by atoms with van der Waals surface area (Å²) in [4.78, 5) is 10.7. The summed E-state index contributed by atoms with van der Waals surface area (Å²) in [5.41, 5.74) is 4.61. The number of halogens is 1. The smallest absolute Gasteiger partial charge is 0.227 e. The predicted octanol–water partition coefficient (Wildman–Crippen LogP) is 8.79. The van der Waals surface area contributed by atoms with E-state index in [1.807, 2.05) is 19.1 Å². The molecule has 1 heterocycles. The molecule has 0 amide bonds. The predicted molar refractivity (Wildman–Crippen MR) is 153 cm³/mol. The third-order valence-electron chi connectivity index (χ3n) is 5.58. The number of anilines is 2. The highest BCUT2D eigenvalue weighted by Gasteiger charge is 2.26. The van der Waals surface area contributed by atoms with Crippen LogP contribution in [0.15, 0.2) is 47.1 Å². The molecule has 1 unspecified atom stereocenters. The van der Waals surface area contributed by atoms with Crippen molar-refractivity contribution in [3.63, 3.8) is 0 Å². The van der Waals surface area contributed by atoms with E-state index in [9.17, 15) is 0 Å². The third kappa shape index (κ3) is 12.1. The first-order valence-electron chi connectivity index (χ1n) is 12.7. The van der Waals surface area contributed by atoms with Gasteiger partial charge in [-0.05, 0) is 92.2 Å². The maximum atomic E-state index is 4.36. The monoisotopic (exact) mass is 530 g/mol. The highest BCUT2D eigenvalue weighted by molar-refractivity contribution is 9.10. The van der Waals surface area contributed by atoms with E-state index >= 15 is 0 Å². The minimum atomic E-state index is 0.612. The Labute approximate surface area is 217 Å². The number of hydrogen-bond donors (Lipinski definition) is 1. The molecule has 3 rings (SSSR count). The van der Waals surface area contributed by atoms with Crippen molar-refractivity contribution < 1.29 is 0 Å². The molecule has 0 radical (unpaired) electrons. The molecule has 34 heavy (non-hydrogen) atoms. The average Bonchev–Trinajstić information content (AvgIpc) is 3.21. The summed E-state index contributed by atoms with van der Waals surface area (Å²) >= 11 is 3.39. The van der Waals surface area contributed by atoms with E-state index in [4.69, 9.17) is 0 Å². The second-order valence-electron chi connectivity index (χ2n) is 10.4. The van der Waals surface area contributed by atoms with Gasteiger partial charge in [0.2, 0.25) is 5.95 Å². The molecule has 1 aromatic carbocycles. The van der Waals surface area contributed by atoms with Gasteiger partial charge in [0.25, 0.3) is 0 Å². The van der Waals surface area contributed by atoms with E-state index in [0.29, 0.717) is 5.95 Å². The molecular formula is C29H47BrN4. The number of benzene rings is 1. The standard InChI is InChI=1S/C14H17BrN4.C11H20.C4H10/c1-10-13(15)8-16-14(17-10)18-12-6-4-11(5-7-12)9-19(2)3;1-4-6-10-7-5-8-11(10)9(2)3;1-4(2)3/h4-8H,9H2,1-3H3,(H,16,17,18);10-11H,2,4-8H2,1,3H3;4H,1-3H3/t;10?,11-;/m.1./s1. The molecule has 1 aliphatic carbocycles. The van der Waals surface area contributed by atoms with Crippen molar-refractivity contribution in [2.75, 3.05) is 19.4 Å². The van der Waals surface area contributed by atoms with E-state index < -0.39 is 0 Å². The Morgan fingerprint density at radius 1 is 1.18 bits per heavy atom. The molecule has 1 saturated carbocycles. The fraction of sp³-hybridized carbons (Fsp3) is 0.586. The summed E-state index contributed by atoms with van der Waals surface area (Å²) in [5, 5.41) is 3.20. The maximum absolute atomic E-state index is 4.36. The lowest BCUT2D eigenvalue weighted by molar-refractivity contribution is 0.402. The Kier molecular flexibility index (Phi) is 14.3. The molecule has 2 atom stereocenters. The Balaban J connectivity index is 0.000000325. The molecule has 1 fully saturated rings. The van der Waals surface area contributed by atoms with Crippen molar-refractivity contribution in [1.29, 1.82) is 0 Å². The van der Waals surface area contributed by atoms with Gasteiger partial charge in [-0.3, -0.25) is 0 Å². The number of hydrogen-bond acceptors (Lipinski definition) is 4. The summed E-state index contributed by atoms with van der Waals surface area (Å²) in [6.07, 6.45) is 8.80. The number of aromatic nitrogens is 2. The topological polar surface area (TPSA) is 41.1 Å². The van der Waals surface area contributed by atoms with Gasteiger partial charge in [-0.1, -0.05) is 71.2 Å². The van der Waals surface area contributed by atoms with Gasteiger partial charge in [0, 0.05) is 18.4 Å². The first kappa shape index (κ1) is 30.3. The van der Waals surface area contributed by atoms with Crippen LogP contribution in [0.1, 0.15) is 78.0 Å². The normalized spacial score (nSPS) is 17.0. The van der Waals surface area contributed by atoms with Crippen molar-refractivity contribution in [2.45, 2.75) is 80.2 Å². The Hall–Kier alpha value is -1.72. The summed E-state index contributed by atoms with van der Waals surface area (Å²) in [6, 6.07) is 8.29. The molecule has 1 N–H and O–H groups in total. The van der Waals surface area contributed by atoms with Crippen LogP contribution >= 0.6 is 15.9 Å². The van der Waals surface area contributed by atoms with Crippen molar-refractivity contribution >= 4 is 27.6 Å². The molecule has 2 aromatic rings. The van der Waals surface area contributed by atoms with E-state index in [0.717, 1.165) is 40.2 Å². The molecule has 0 bridgehead atoms. The van der Waals surface area contributed by atoms with Crippen LogP contribution in [0.2, 0.25) is 0 Å². The second-order valence-corrected chi connectivity index (χ2v) is 11.2. The summed E-state index contributed by atoms with van der Waals surface area (Å²) in [5.74, 6) is 3.27. The molecule has 1 aliphatic rings. The van der Waals surface area contributed by atoms with E-state index in [2.05, 4.69) is 104 Å². The quantitative estimate of drug-likeness (QED) is 0.363. The van der Waals surface area contributed by atoms with Crippen LogP contribution in [0.25, 0.3) is 0 Å². The van der Waals surface area contributed by atoms with Gasteiger partial charge in [-0.15, -0.1) is 0 Å². The Bertz CT molecular complexity index is 843. The van der Waals surface area contributed by atoms with Crippen LogP contribution in [0, 0.1) is 24.7 Å². The number of rotatable bonds is 7. The van der Waals surface area contributed by atoms with Gasteiger partial charge in [0.05, 0.1) is 10.2 Å². The third-order valence-corrected chi connectivity index (χ3v) is 6.36. The number of nitrogens with zero attached hydrogens (tertiary/aromatic N) is 3. The Morgan fingerprint density at radius 3 is 2.29 bits per heavy atom. The largest absolute Gasteiger partial charge is 0.324 e. The molecule has 4 nitrogen and oxygen atoms in total. The van der Waals surface area contributed by atoms with Gasteiger partial charge in [0.1, 0.15) is 0 Å². The van der Waals surface area contributed by atoms with Crippen molar-refractivity contribution in [3.05, 3.63) is 58.3 Å². The molecule has 0 aliphatic heterocycles. The maximum Gasteiger partial charge on any atom is 0.227 e. The summed E-state index contributed by atoms with van der Waals surface area (Å²) in [7, 11) is 4.12. The lowest BCUT2D eigenvalue weighted by Gasteiger charge is -2.18. The minimum absolute atomic E-state index is 0.612. The van der Waals surface area contributed by atoms with E-state index in [1.165, 1.54) is 43.2 Å². The van der Waals surface area contributed by atoms with E-state index in [-0.39, 0.29) is 0 Å². The van der Waals surface area contributed by atoms with Crippen molar-refractivity contribution in [3.8, 4) is 0 Å². The van der Waals surface area contributed by atoms with Crippen LogP contribution in [-0.2, 0) is 6.54 Å². The van der Waals surface area contributed by atoms with Crippen LogP contribution in [0.3, 0.4) is 0 Å². The summed E-state index contributed by atoms with van der Waals surface area (Å²) in [6.45, 7) is 17.9. The fourth-order valence-corrected chi connectivity index (χ4v) is 4.29. The average molecular weight is 532 g/mol. The molecule has 0 saturated heterocycles. The van der Waals surface area contributed by atoms with Crippen LogP contribution in [0.4, 0.5) is 11.6 Å². The molecule has 1 aromatic heterocycles. The lowest BCUT2D eigenvalue weighted by atomic mass is 9.87. The Morgan fingerprint density at radius 2 is 1.79 bits per heavy atom. The number of nitrogens with one attached hydrogen (secondary N) is 1. The number of aryl methyl sites for hydroxylation is 1. The summed E-state index contributed by atoms with van der Waals surface area (Å²) < 4.78 is 0.916. The zero-order chi connectivity index (χ0) is 25.7. The molecule has 190 valence electrons. The first-order chi connectivity index (χ1) is 16.0. The molecular weight excluding hydrogens is 484 g/mol. The number of allylic oxidation sites excluding steroid dienone is 1. The second kappa shape index (κ2) is 16.0. The van der Waals surface area contributed by atoms with Gasteiger partial charge >= 0.3 is 0 Å². The van der Waals surface area contributed by atoms with Crippen LogP contribution < -0.4 is 5.32 Å². The van der Waals surface area contributed by atoms with Crippen LogP contribution in [-0.4, -0.2) is 29.0 Å². The van der Waals surface area contributed by atoms with Crippen molar-refractivity contribution in [2.24, 2.45) is 17.8 Å². The first-order valence-corrected chi connectivity index (χ1v) is 13.5. The van der Waals surface area contributed by atoms with Crippen LogP contribution in [0.5, 0.6) is 0 Å². The SMILES string of the molecule is C=C(C)[C@H]1CCCC1CCC.CC(C)C.Cc1nc(Nc2ccc(CN(C)C)cc2)ncc1Br. The zero-order valence-electron chi connectivity index (χ0n) is 22.8. The van der Waals surface area contributed by atoms with E-state index in [1.54, 1.807) is 6.20 Å². The highest BCUT2D eigenvalue weighted by Crippen LogP contribution is 2.38. The highest BCUT2D eigenvalue weighted by atomic mass is 79.9. The van der Waals surface area contributed by atoms with Gasteiger partial charge in [0.15, 0.2) is 0 Å². The van der Waals surface area contributed by atoms with Gasteiger partial charge < -0.3 is 10.2 Å². The molecule has 5 heteroatoms. The van der Waals surface area contributed by atoms with Gasteiger partial charge in [-0.2, -0.15) is 0 Å². The zero-order valence-corrected chi connectivity index (χ0v) is 24.4. The fourth-order valence-electron chi connectivity index (χ4n) is 4.10. The van der Waals surface area contributed by atoms with Crippen molar-refractivity contribution in [1.82, 2.24) is 14.9 Å². The lowest BCUT2D eigenvalue weighted by Crippen LogP contribution is -2.10.